The van der Waals surface area contributed by atoms with Gasteiger partial charge >= 0.3 is 0 Å². The van der Waals surface area contributed by atoms with Crippen molar-refractivity contribution in [2.24, 2.45) is 10.7 Å². The predicted octanol–water partition coefficient (Wildman–Crippen LogP) is 3.95. The van der Waals surface area contributed by atoms with E-state index in [0.717, 1.165) is 41.3 Å². The first-order valence-electron chi connectivity index (χ1n) is 9.22. The molecular weight excluding hydrogens is 342 g/mol. The van der Waals surface area contributed by atoms with Crippen LogP contribution in [0.15, 0.2) is 47.5 Å². The number of nitrogens with one attached hydrogen (secondary N) is 1. The van der Waals surface area contributed by atoms with Gasteiger partial charge in [0, 0.05) is 11.8 Å². The summed E-state index contributed by atoms with van der Waals surface area (Å²) in [5.74, 6) is 2.62. The minimum atomic E-state index is 0.297. The van der Waals surface area contributed by atoms with Crippen LogP contribution in [0.25, 0.3) is 0 Å². The van der Waals surface area contributed by atoms with E-state index in [1.54, 1.807) is 14.2 Å². The smallest absolute Gasteiger partial charge is 0.193 e. The van der Waals surface area contributed by atoms with E-state index in [-0.39, 0.29) is 0 Å². The van der Waals surface area contributed by atoms with E-state index in [1.807, 2.05) is 42.5 Å². The number of nitrogens with zero attached hydrogens (tertiary/aromatic N) is 1. The Balaban J connectivity index is 1.62. The summed E-state index contributed by atoms with van der Waals surface area (Å²) < 4.78 is 16.8. The molecule has 0 radical (unpaired) electrons. The van der Waals surface area contributed by atoms with E-state index in [0.29, 0.717) is 18.6 Å². The fraction of sp³-hybridized carbons (Fsp3) is 0.381. The molecule has 3 rings (SSSR count). The zero-order valence-corrected chi connectivity index (χ0v) is 15.9. The van der Waals surface area contributed by atoms with Crippen molar-refractivity contribution < 1.29 is 14.2 Å². The lowest BCUT2D eigenvalue weighted by Gasteiger charge is -2.16. The van der Waals surface area contributed by atoms with Gasteiger partial charge in [0.05, 0.1) is 26.9 Å². The van der Waals surface area contributed by atoms with E-state index in [1.165, 1.54) is 12.8 Å². The van der Waals surface area contributed by atoms with Gasteiger partial charge in [-0.1, -0.05) is 12.1 Å². The van der Waals surface area contributed by atoms with E-state index < -0.39 is 0 Å². The molecule has 144 valence electrons. The van der Waals surface area contributed by atoms with Crippen molar-refractivity contribution in [3.63, 3.8) is 0 Å². The van der Waals surface area contributed by atoms with E-state index in [4.69, 9.17) is 19.9 Å². The summed E-state index contributed by atoms with van der Waals surface area (Å²) in [5, 5.41) is 3.07. The van der Waals surface area contributed by atoms with Gasteiger partial charge < -0.3 is 25.3 Å². The topological polar surface area (TPSA) is 78.1 Å². The Labute approximate surface area is 160 Å². The van der Waals surface area contributed by atoms with E-state index in [9.17, 15) is 0 Å². The molecule has 0 saturated heterocycles. The Morgan fingerprint density at radius 2 is 1.89 bits per heavy atom. The summed E-state index contributed by atoms with van der Waals surface area (Å²) in [5.41, 5.74) is 7.82. The summed E-state index contributed by atoms with van der Waals surface area (Å²) in [6.45, 7) is 0.447. The van der Waals surface area contributed by atoms with Crippen LogP contribution in [0.5, 0.6) is 17.2 Å². The summed E-state index contributed by atoms with van der Waals surface area (Å²) in [7, 11) is 3.28. The molecule has 27 heavy (non-hydrogen) atoms. The number of nitrogens with two attached hydrogens (primary N) is 1. The molecule has 0 atom stereocenters. The van der Waals surface area contributed by atoms with Crippen LogP contribution in [0.1, 0.15) is 31.2 Å². The zero-order valence-electron chi connectivity index (χ0n) is 15.9. The molecule has 6 nitrogen and oxygen atoms in total. The molecule has 0 heterocycles. The number of hydrogen-bond donors (Lipinski definition) is 2. The van der Waals surface area contributed by atoms with Crippen LogP contribution in [0.4, 0.5) is 5.69 Å². The maximum atomic E-state index is 6.07. The summed E-state index contributed by atoms with van der Waals surface area (Å²) in [4.78, 5) is 4.40. The van der Waals surface area contributed by atoms with E-state index in [2.05, 4.69) is 10.3 Å². The molecule has 0 unspecified atom stereocenters. The van der Waals surface area contributed by atoms with Gasteiger partial charge in [0.2, 0.25) is 0 Å². The normalized spacial score (nSPS) is 14.8. The van der Waals surface area contributed by atoms with Crippen molar-refractivity contribution in [2.45, 2.75) is 38.3 Å². The molecule has 1 aliphatic rings. The maximum absolute atomic E-state index is 6.07. The molecule has 1 fully saturated rings. The highest BCUT2D eigenvalue weighted by atomic mass is 16.5. The second-order valence-corrected chi connectivity index (χ2v) is 6.57. The minimum absolute atomic E-state index is 0.297. The van der Waals surface area contributed by atoms with Gasteiger partial charge in [-0.2, -0.15) is 0 Å². The second kappa shape index (κ2) is 9.16. The predicted molar refractivity (Wildman–Crippen MR) is 108 cm³/mol. The molecule has 1 saturated carbocycles. The zero-order chi connectivity index (χ0) is 19.1. The summed E-state index contributed by atoms with van der Waals surface area (Å²) >= 11 is 0. The fourth-order valence-corrected chi connectivity index (χ4v) is 3.16. The van der Waals surface area contributed by atoms with Crippen LogP contribution in [0, 0.1) is 0 Å². The average Bonchev–Trinajstić information content (AvgIpc) is 3.20. The lowest BCUT2D eigenvalue weighted by atomic mass is 10.2. The Morgan fingerprint density at radius 3 is 2.63 bits per heavy atom. The number of ether oxygens (including phenoxy) is 3. The Morgan fingerprint density at radius 1 is 1.07 bits per heavy atom. The van der Waals surface area contributed by atoms with Crippen molar-refractivity contribution in [1.29, 1.82) is 0 Å². The molecule has 0 aliphatic heterocycles. The number of rotatable bonds is 7. The number of hydrogen-bond acceptors (Lipinski definition) is 4. The third-order valence-electron chi connectivity index (χ3n) is 4.60. The third-order valence-corrected chi connectivity index (χ3v) is 4.60. The van der Waals surface area contributed by atoms with Crippen molar-refractivity contribution in [3.05, 3.63) is 48.0 Å². The van der Waals surface area contributed by atoms with Gasteiger partial charge in [0.15, 0.2) is 17.5 Å². The first-order valence-corrected chi connectivity index (χ1v) is 9.22. The summed E-state index contributed by atoms with van der Waals surface area (Å²) in [6.07, 6.45) is 4.99. The summed E-state index contributed by atoms with van der Waals surface area (Å²) in [6, 6.07) is 13.4. The molecule has 2 aromatic rings. The fourth-order valence-electron chi connectivity index (χ4n) is 3.16. The van der Waals surface area contributed by atoms with Crippen molar-refractivity contribution in [1.82, 2.24) is 0 Å². The van der Waals surface area contributed by atoms with Crippen LogP contribution in [-0.2, 0) is 6.54 Å². The van der Waals surface area contributed by atoms with Crippen LogP contribution in [0.3, 0.4) is 0 Å². The van der Waals surface area contributed by atoms with Crippen LogP contribution in [-0.4, -0.2) is 26.3 Å². The van der Waals surface area contributed by atoms with Crippen LogP contribution < -0.4 is 25.3 Å². The molecular formula is C21H27N3O3. The highest BCUT2D eigenvalue weighted by molar-refractivity contribution is 5.92. The highest BCUT2D eigenvalue weighted by Crippen LogP contribution is 2.32. The molecule has 2 aromatic carbocycles. The SMILES string of the molecule is COc1cccc(NC(N)=NCc2ccc(OC3CCCC3)c(OC)c2)c1. The highest BCUT2D eigenvalue weighted by Gasteiger charge is 2.18. The molecule has 1 aliphatic carbocycles. The molecule has 0 amide bonds. The van der Waals surface area contributed by atoms with Crippen LogP contribution in [0.2, 0.25) is 0 Å². The maximum Gasteiger partial charge on any atom is 0.193 e. The number of guanidine groups is 1. The first-order chi connectivity index (χ1) is 13.2. The molecule has 0 spiro atoms. The van der Waals surface area contributed by atoms with E-state index >= 15 is 0 Å². The number of aliphatic imine (C=N–C) groups is 1. The third kappa shape index (κ3) is 5.29. The quantitative estimate of drug-likeness (QED) is 0.571. The number of benzene rings is 2. The number of anilines is 1. The van der Waals surface area contributed by atoms with Gasteiger partial charge in [-0.15, -0.1) is 0 Å². The Hall–Kier alpha value is -2.89. The van der Waals surface area contributed by atoms with Gasteiger partial charge in [-0.3, -0.25) is 0 Å². The van der Waals surface area contributed by atoms with Gasteiger partial charge in [0.1, 0.15) is 5.75 Å². The largest absolute Gasteiger partial charge is 0.497 e. The lowest BCUT2D eigenvalue weighted by Crippen LogP contribution is -2.22. The van der Waals surface area contributed by atoms with Crippen molar-refractivity contribution in [2.75, 3.05) is 19.5 Å². The molecule has 0 aromatic heterocycles. The van der Waals surface area contributed by atoms with Gasteiger partial charge in [-0.05, 0) is 55.5 Å². The monoisotopic (exact) mass is 369 g/mol. The molecule has 0 bridgehead atoms. The second-order valence-electron chi connectivity index (χ2n) is 6.57. The number of methoxy groups -OCH3 is 2. The molecule has 3 N–H and O–H groups in total. The van der Waals surface area contributed by atoms with Crippen molar-refractivity contribution >= 4 is 11.6 Å². The minimum Gasteiger partial charge on any atom is -0.497 e. The average molecular weight is 369 g/mol. The Bertz CT molecular complexity index is 786. The first kappa shape index (κ1) is 18.9. The van der Waals surface area contributed by atoms with Crippen LogP contribution >= 0.6 is 0 Å². The standard InChI is InChI=1S/C21H27N3O3/c1-25-18-9-5-6-16(13-18)24-21(22)23-14-15-10-11-19(20(12-15)26-2)27-17-7-3-4-8-17/h5-6,9-13,17H,3-4,7-8,14H2,1-2H3,(H3,22,23,24). The van der Waals surface area contributed by atoms with Gasteiger partial charge in [-0.25, -0.2) is 4.99 Å². The van der Waals surface area contributed by atoms with Gasteiger partial charge in [0.25, 0.3) is 0 Å². The van der Waals surface area contributed by atoms with Crippen molar-refractivity contribution in [3.8, 4) is 17.2 Å². The lowest BCUT2D eigenvalue weighted by molar-refractivity contribution is 0.200. The Kier molecular flexibility index (Phi) is 6.41. The molecule has 6 heteroatoms.